The fraction of sp³-hybridized carbons (Fsp3) is 0.259. The number of sulfonamides is 1. The van der Waals surface area contributed by atoms with Crippen LogP contribution in [0.5, 0.6) is 5.75 Å². The summed E-state index contributed by atoms with van der Waals surface area (Å²) >= 11 is 0. The van der Waals surface area contributed by atoms with Crippen molar-refractivity contribution >= 4 is 21.7 Å². The van der Waals surface area contributed by atoms with Crippen LogP contribution in [0.1, 0.15) is 39.1 Å². The number of aryl methyl sites for hydroxylation is 1. The molecule has 0 aliphatic carbocycles. The molecule has 35 heavy (non-hydrogen) atoms. The number of ether oxygens (including phenoxy) is 1. The second-order valence-electron chi connectivity index (χ2n) is 8.50. The summed E-state index contributed by atoms with van der Waals surface area (Å²) in [6.07, 6.45) is 0.792. The average molecular weight is 493 g/mol. The van der Waals surface area contributed by atoms with Crippen molar-refractivity contribution in [2.24, 2.45) is 0 Å². The normalized spacial score (nSPS) is 14.9. The van der Waals surface area contributed by atoms with Crippen molar-refractivity contribution in [1.29, 1.82) is 0 Å². The third kappa shape index (κ3) is 5.96. The van der Waals surface area contributed by atoms with E-state index in [4.69, 9.17) is 4.74 Å². The molecule has 1 aliphatic rings. The molecule has 182 valence electrons. The van der Waals surface area contributed by atoms with Gasteiger partial charge in [-0.15, -0.1) is 0 Å². The Kier molecular flexibility index (Phi) is 7.63. The highest BCUT2D eigenvalue weighted by Crippen LogP contribution is 2.26. The van der Waals surface area contributed by atoms with Gasteiger partial charge in [0.1, 0.15) is 11.9 Å². The number of carbonyl (C=O) groups is 2. The summed E-state index contributed by atoms with van der Waals surface area (Å²) in [7, 11) is -3.55. The molecule has 0 aromatic heterocycles. The zero-order valence-corrected chi connectivity index (χ0v) is 20.3. The average Bonchev–Trinajstić information content (AvgIpc) is 2.88. The molecule has 8 heteroatoms. The largest absolute Gasteiger partial charge is 0.489 e. The van der Waals surface area contributed by atoms with E-state index in [1.165, 1.54) is 4.31 Å². The van der Waals surface area contributed by atoms with E-state index in [1.807, 2.05) is 13.0 Å². The Balaban J connectivity index is 1.35. The number of benzene rings is 3. The van der Waals surface area contributed by atoms with Gasteiger partial charge in [-0.2, -0.15) is 4.31 Å². The Morgan fingerprint density at radius 2 is 1.54 bits per heavy atom. The van der Waals surface area contributed by atoms with Gasteiger partial charge in [0.2, 0.25) is 10.0 Å². The van der Waals surface area contributed by atoms with E-state index in [1.54, 1.807) is 72.8 Å². The number of nitrogens with zero attached hydrogens (tertiary/aromatic N) is 1. The first-order valence-corrected chi connectivity index (χ1v) is 13.0. The zero-order valence-electron chi connectivity index (χ0n) is 19.5. The van der Waals surface area contributed by atoms with Crippen molar-refractivity contribution in [3.8, 4) is 5.75 Å². The van der Waals surface area contributed by atoms with Gasteiger partial charge in [0.15, 0.2) is 5.78 Å². The quantitative estimate of drug-likeness (QED) is 0.483. The maximum absolute atomic E-state index is 12.9. The molecule has 1 amide bonds. The molecular formula is C27H28N2O5S. The van der Waals surface area contributed by atoms with Gasteiger partial charge in [0.05, 0.1) is 17.0 Å². The molecule has 0 spiro atoms. The molecule has 1 heterocycles. The van der Waals surface area contributed by atoms with Crippen molar-refractivity contribution < 1.29 is 22.7 Å². The molecule has 0 bridgehead atoms. The molecule has 1 saturated heterocycles. The van der Waals surface area contributed by atoms with Crippen LogP contribution < -0.4 is 10.1 Å². The molecule has 0 saturated carbocycles. The third-order valence-electron chi connectivity index (χ3n) is 5.99. The van der Waals surface area contributed by atoms with E-state index in [9.17, 15) is 18.0 Å². The van der Waals surface area contributed by atoms with Crippen molar-refractivity contribution in [3.63, 3.8) is 0 Å². The number of rotatable bonds is 8. The van der Waals surface area contributed by atoms with Crippen LogP contribution in [0.3, 0.4) is 0 Å². The van der Waals surface area contributed by atoms with Crippen LogP contribution in [0.4, 0.5) is 0 Å². The van der Waals surface area contributed by atoms with Crippen molar-refractivity contribution in [2.45, 2.75) is 30.8 Å². The minimum absolute atomic E-state index is 0.119. The topological polar surface area (TPSA) is 92.8 Å². The Morgan fingerprint density at radius 3 is 2.23 bits per heavy atom. The number of Topliss-reactive ketones (excluding diaryl/α,β-unsaturated/α-hetero) is 1. The molecule has 1 aliphatic heterocycles. The Bertz CT molecular complexity index is 1280. The van der Waals surface area contributed by atoms with E-state index in [-0.39, 0.29) is 23.3 Å². The predicted octanol–water partition coefficient (Wildman–Crippen LogP) is 3.84. The van der Waals surface area contributed by atoms with Gasteiger partial charge < -0.3 is 10.1 Å². The lowest BCUT2D eigenvalue weighted by molar-refractivity contribution is 0.0894. The summed E-state index contributed by atoms with van der Waals surface area (Å²) in [5.74, 6) is -0.166. The molecule has 1 fully saturated rings. The Morgan fingerprint density at radius 1 is 0.914 bits per heavy atom. The number of ketones is 1. The maximum Gasteiger partial charge on any atom is 0.255 e. The van der Waals surface area contributed by atoms with E-state index in [0.29, 0.717) is 42.8 Å². The lowest BCUT2D eigenvalue weighted by Gasteiger charge is -2.31. The van der Waals surface area contributed by atoms with Crippen molar-refractivity contribution in [2.75, 3.05) is 19.6 Å². The minimum Gasteiger partial charge on any atom is -0.489 e. The van der Waals surface area contributed by atoms with Crippen molar-refractivity contribution in [3.05, 3.63) is 95.6 Å². The number of nitrogens with one attached hydrogen (secondary N) is 1. The van der Waals surface area contributed by atoms with E-state index in [2.05, 4.69) is 5.32 Å². The summed E-state index contributed by atoms with van der Waals surface area (Å²) < 4.78 is 33.5. The lowest BCUT2D eigenvalue weighted by Crippen LogP contribution is -2.41. The van der Waals surface area contributed by atoms with Crippen molar-refractivity contribution in [1.82, 2.24) is 9.62 Å². The maximum atomic E-state index is 12.9. The first kappa shape index (κ1) is 24.6. The molecule has 0 radical (unpaired) electrons. The molecule has 3 aromatic rings. The number of amides is 1. The van der Waals surface area contributed by atoms with E-state index < -0.39 is 15.9 Å². The standard InChI is InChI=1S/C27H28N2O5S/c1-20-11-13-23(14-12-20)35(32,33)29-17-15-22(16-18-29)34-26-10-6-5-9-24(26)27(31)28-19-25(30)21-7-3-2-4-8-21/h2-14,22H,15-19H2,1H3,(H,28,31). The number of para-hydroxylation sites is 1. The van der Waals surface area contributed by atoms with Gasteiger partial charge in [-0.05, 0) is 44.0 Å². The van der Waals surface area contributed by atoms with Gasteiger partial charge in [0, 0.05) is 18.7 Å². The number of hydrogen-bond acceptors (Lipinski definition) is 5. The first-order chi connectivity index (χ1) is 16.8. The lowest BCUT2D eigenvalue weighted by atomic mass is 10.1. The minimum atomic E-state index is -3.55. The summed E-state index contributed by atoms with van der Waals surface area (Å²) in [6.45, 7) is 2.46. The molecule has 1 N–H and O–H groups in total. The second kappa shape index (κ2) is 10.8. The number of piperidine rings is 1. The SMILES string of the molecule is Cc1ccc(S(=O)(=O)N2CCC(Oc3ccccc3C(=O)NCC(=O)c3ccccc3)CC2)cc1. The van der Waals surface area contributed by atoms with Crippen LogP contribution >= 0.6 is 0 Å². The van der Waals surface area contributed by atoms with E-state index in [0.717, 1.165) is 5.56 Å². The van der Waals surface area contributed by atoms with Crippen LogP contribution in [-0.4, -0.2) is 50.2 Å². The summed E-state index contributed by atoms with van der Waals surface area (Å²) in [5.41, 5.74) is 1.87. The molecule has 4 rings (SSSR count). The highest BCUT2D eigenvalue weighted by Gasteiger charge is 2.30. The molecular weight excluding hydrogens is 464 g/mol. The molecule has 3 aromatic carbocycles. The highest BCUT2D eigenvalue weighted by atomic mass is 32.2. The van der Waals surface area contributed by atoms with Gasteiger partial charge in [-0.1, -0.05) is 60.2 Å². The van der Waals surface area contributed by atoms with Crippen LogP contribution in [0.25, 0.3) is 0 Å². The highest BCUT2D eigenvalue weighted by molar-refractivity contribution is 7.89. The number of carbonyl (C=O) groups excluding carboxylic acids is 2. The Labute approximate surface area is 205 Å². The van der Waals surface area contributed by atoms with Gasteiger partial charge in [-0.25, -0.2) is 8.42 Å². The molecule has 0 atom stereocenters. The number of hydrogen-bond donors (Lipinski definition) is 1. The third-order valence-corrected chi connectivity index (χ3v) is 7.90. The predicted molar refractivity (Wildman–Crippen MR) is 133 cm³/mol. The van der Waals surface area contributed by atoms with E-state index >= 15 is 0 Å². The first-order valence-electron chi connectivity index (χ1n) is 11.5. The monoisotopic (exact) mass is 492 g/mol. The van der Waals surface area contributed by atoms with Crippen LogP contribution in [-0.2, 0) is 10.0 Å². The molecule has 0 unspecified atom stereocenters. The smallest absolute Gasteiger partial charge is 0.255 e. The van der Waals surface area contributed by atoms with Crippen LogP contribution in [0, 0.1) is 6.92 Å². The van der Waals surface area contributed by atoms with Gasteiger partial charge in [0.25, 0.3) is 5.91 Å². The summed E-state index contributed by atoms with van der Waals surface area (Å²) in [4.78, 5) is 25.4. The van der Waals surface area contributed by atoms with Crippen LogP contribution in [0.15, 0.2) is 83.8 Å². The fourth-order valence-electron chi connectivity index (χ4n) is 3.97. The Hall–Kier alpha value is -3.49. The second-order valence-corrected chi connectivity index (χ2v) is 10.4. The van der Waals surface area contributed by atoms with Gasteiger partial charge >= 0.3 is 0 Å². The fourth-order valence-corrected chi connectivity index (χ4v) is 5.44. The summed E-state index contributed by atoms with van der Waals surface area (Å²) in [6, 6.07) is 22.5. The van der Waals surface area contributed by atoms with Crippen LogP contribution in [0.2, 0.25) is 0 Å². The zero-order chi connectivity index (χ0) is 24.8. The van der Waals surface area contributed by atoms with Gasteiger partial charge in [-0.3, -0.25) is 9.59 Å². The molecule has 7 nitrogen and oxygen atoms in total. The summed E-state index contributed by atoms with van der Waals surface area (Å²) in [5, 5.41) is 2.67.